The predicted molar refractivity (Wildman–Crippen MR) is 74.9 cm³/mol. The van der Waals surface area contributed by atoms with Crippen molar-refractivity contribution in [2.45, 2.75) is 0 Å². The van der Waals surface area contributed by atoms with Gasteiger partial charge in [0.1, 0.15) is 5.75 Å². The van der Waals surface area contributed by atoms with Crippen LogP contribution in [-0.4, -0.2) is 21.8 Å². The Bertz CT molecular complexity index is 720. The van der Waals surface area contributed by atoms with Crippen LogP contribution in [0.1, 0.15) is 15.9 Å². The van der Waals surface area contributed by atoms with Gasteiger partial charge < -0.3 is 9.67 Å². The third-order valence-corrected chi connectivity index (χ3v) is 2.60. The maximum Gasteiger partial charge on any atom is 0.272 e. The number of aromatic hydroxyl groups is 1. The summed E-state index contributed by atoms with van der Waals surface area (Å²) in [4.78, 5) is 23.0. The molecule has 1 amide bonds. The molecule has 0 unspecified atom stereocenters. The zero-order valence-electron chi connectivity index (χ0n) is 10.8. The van der Waals surface area contributed by atoms with Crippen molar-refractivity contribution in [3.63, 3.8) is 0 Å². The number of benzene rings is 1. The van der Waals surface area contributed by atoms with Gasteiger partial charge in [-0.25, -0.2) is 5.43 Å². The van der Waals surface area contributed by atoms with Crippen LogP contribution in [0.4, 0.5) is 0 Å². The first-order chi connectivity index (χ1) is 9.56. The highest BCUT2D eigenvalue weighted by atomic mass is 16.3. The molecule has 0 bridgehead atoms. The summed E-state index contributed by atoms with van der Waals surface area (Å²) in [5.41, 5.74) is 3.15. The second-order valence-electron chi connectivity index (χ2n) is 4.16. The van der Waals surface area contributed by atoms with Crippen molar-refractivity contribution in [1.82, 2.24) is 9.99 Å². The number of nitrogens with zero attached hydrogens (tertiary/aromatic N) is 2. The van der Waals surface area contributed by atoms with E-state index in [0.717, 1.165) is 0 Å². The van der Waals surface area contributed by atoms with Crippen LogP contribution in [0, 0.1) is 0 Å². The van der Waals surface area contributed by atoms with Crippen LogP contribution < -0.4 is 11.0 Å². The molecule has 2 N–H and O–H groups in total. The Morgan fingerprint density at radius 1 is 1.35 bits per heavy atom. The highest BCUT2D eigenvalue weighted by Gasteiger charge is 2.04. The minimum atomic E-state index is -0.419. The van der Waals surface area contributed by atoms with Gasteiger partial charge in [0.05, 0.1) is 11.8 Å². The lowest BCUT2D eigenvalue weighted by Crippen LogP contribution is -2.22. The van der Waals surface area contributed by atoms with Gasteiger partial charge >= 0.3 is 0 Å². The van der Waals surface area contributed by atoms with Crippen molar-refractivity contribution in [2.75, 3.05) is 0 Å². The summed E-state index contributed by atoms with van der Waals surface area (Å²) in [5, 5.41) is 13.1. The Hall–Kier alpha value is -2.89. The van der Waals surface area contributed by atoms with Crippen LogP contribution in [0.5, 0.6) is 5.75 Å². The van der Waals surface area contributed by atoms with Gasteiger partial charge in [-0.05, 0) is 23.8 Å². The number of amides is 1. The van der Waals surface area contributed by atoms with Gasteiger partial charge in [0.2, 0.25) is 5.56 Å². The number of carbonyl (C=O) groups excluding carboxylic acids is 1. The highest BCUT2D eigenvalue weighted by molar-refractivity contribution is 5.94. The van der Waals surface area contributed by atoms with Crippen molar-refractivity contribution in [3.05, 3.63) is 64.1 Å². The Kier molecular flexibility index (Phi) is 3.95. The molecule has 0 aliphatic carbocycles. The molecule has 0 fully saturated rings. The predicted octanol–water partition coefficient (Wildman–Crippen LogP) is 0.855. The molecule has 0 atom stereocenters. The van der Waals surface area contributed by atoms with Crippen molar-refractivity contribution < 1.29 is 9.90 Å². The van der Waals surface area contributed by atoms with Crippen LogP contribution in [0.15, 0.2) is 52.5 Å². The Morgan fingerprint density at radius 3 is 2.85 bits per heavy atom. The molecule has 6 heteroatoms. The Labute approximate surface area is 115 Å². The standard InChI is InChI=1S/C14H13N3O3/c1-17-9-11(5-6-13(17)19)14(20)16-15-8-10-3-2-4-12(18)7-10/h2-9,18H,1H3,(H,16,20)/b15-8-. The fourth-order valence-corrected chi connectivity index (χ4v) is 1.56. The molecule has 0 radical (unpaired) electrons. The van der Waals surface area contributed by atoms with E-state index in [4.69, 9.17) is 0 Å². The van der Waals surface area contributed by atoms with Gasteiger partial charge in [0, 0.05) is 19.3 Å². The van der Waals surface area contributed by atoms with Crippen LogP contribution in [-0.2, 0) is 7.05 Å². The number of phenols is 1. The smallest absolute Gasteiger partial charge is 0.272 e. The molecule has 2 aromatic rings. The van der Waals surface area contributed by atoms with E-state index in [0.29, 0.717) is 11.1 Å². The maximum atomic E-state index is 11.8. The first-order valence-corrected chi connectivity index (χ1v) is 5.85. The molecule has 0 saturated carbocycles. The first kappa shape index (κ1) is 13.5. The Balaban J connectivity index is 2.05. The van der Waals surface area contributed by atoms with E-state index < -0.39 is 5.91 Å². The molecule has 6 nitrogen and oxygen atoms in total. The lowest BCUT2D eigenvalue weighted by Gasteiger charge is -2.02. The summed E-state index contributed by atoms with van der Waals surface area (Å²) >= 11 is 0. The number of aromatic nitrogens is 1. The average molecular weight is 271 g/mol. The van der Waals surface area contributed by atoms with Crippen molar-refractivity contribution in [2.24, 2.45) is 12.1 Å². The topological polar surface area (TPSA) is 83.7 Å². The van der Waals surface area contributed by atoms with Crippen LogP contribution in [0.2, 0.25) is 0 Å². The van der Waals surface area contributed by atoms with Crippen LogP contribution >= 0.6 is 0 Å². The third kappa shape index (κ3) is 3.32. The second-order valence-corrected chi connectivity index (χ2v) is 4.16. The summed E-state index contributed by atoms with van der Waals surface area (Å²) < 4.78 is 1.31. The average Bonchev–Trinajstić information content (AvgIpc) is 2.42. The summed E-state index contributed by atoms with van der Waals surface area (Å²) in [5.74, 6) is -0.296. The number of aryl methyl sites for hydroxylation is 1. The van der Waals surface area contributed by atoms with E-state index in [1.165, 1.54) is 35.2 Å². The number of hydrogen-bond acceptors (Lipinski definition) is 4. The summed E-state index contributed by atoms with van der Waals surface area (Å²) in [7, 11) is 1.56. The molecule has 1 aromatic carbocycles. The number of nitrogens with one attached hydrogen (secondary N) is 1. The molecule has 0 aliphatic heterocycles. The SMILES string of the molecule is Cn1cc(C(=O)N/N=C\c2cccc(O)c2)ccc1=O. The van der Waals surface area contributed by atoms with E-state index >= 15 is 0 Å². The Morgan fingerprint density at radius 2 is 2.15 bits per heavy atom. The molecule has 1 aromatic heterocycles. The van der Waals surface area contributed by atoms with E-state index in [2.05, 4.69) is 10.5 Å². The number of hydrogen-bond donors (Lipinski definition) is 2. The molecular weight excluding hydrogens is 258 g/mol. The fraction of sp³-hybridized carbons (Fsp3) is 0.0714. The van der Waals surface area contributed by atoms with E-state index in [-0.39, 0.29) is 11.3 Å². The lowest BCUT2D eigenvalue weighted by atomic mass is 10.2. The quantitative estimate of drug-likeness (QED) is 0.641. The van der Waals surface area contributed by atoms with Crippen molar-refractivity contribution in [3.8, 4) is 5.75 Å². The third-order valence-electron chi connectivity index (χ3n) is 2.60. The van der Waals surface area contributed by atoms with Gasteiger partial charge in [-0.3, -0.25) is 9.59 Å². The molecule has 102 valence electrons. The molecule has 20 heavy (non-hydrogen) atoms. The lowest BCUT2D eigenvalue weighted by molar-refractivity contribution is 0.0954. The van der Waals surface area contributed by atoms with Gasteiger partial charge in [-0.15, -0.1) is 0 Å². The summed E-state index contributed by atoms with van der Waals surface area (Å²) in [6, 6.07) is 9.21. The number of pyridine rings is 1. The molecule has 0 spiro atoms. The van der Waals surface area contributed by atoms with Gasteiger partial charge in [0.15, 0.2) is 0 Å². The molecule has 0 aliphatic rings. The second kappa shape index (κ2) is 5.83. The molecule has 0 saturated heterocycles. The van der Waals surface area contributed by atoms with E-state index in [1.54, 1.807) is 25.2 Å². The van der Waals surface area contributed by atoms with Crippen LogP contribution in [0.25, 0.3) is 0 Å². The van der Waals surface area contributed by atoms with Gasteiger partial charge in [-0.2, -0.15) is 5.10 Å². The van der Waals surface area contributed by atoms with Gasteiger partial charge in [-0.1, -0.05) is 12.1 Å². The number of carbonyl (C=O) groups is 1. The maximum absolute atomic E-state index is 11.8. The van der Waals surface area contributed by atoms with E-state index in [1.807, 2.05) is 0 Å². The minimum absolute atomic E-state index is 0.123. The number of hydrazone groups is 1. The van der Waals surface area contributed by atoms with Crippen molar-refractivity contribution in [1.29, 1.82) is 0 Å². The molecule has 1 heterocycles. The molecular formula is C14H13N3O3. The van der Waals surface area contributed by atoms with Crippen LogP contribution in [0.3, 0.4) is 0 Å². The first-order valence-electron chi connectivity index (χ1n) is 5.85. The fourth-order valence-electron chi connectivity index (χ4n) is 1.56. The van der Waals surface area contributed by atoms with Gasteiger partial charge in [0.25, 0.3) is 5.91 Å². The zero-order valence-corrected chi connectivity index (χ0v) is 10.8. The summed E-state index contributed by atoms with van der Waals surface area (Å²) in [6.45, 7) is 0. The highest BCUT2D eigenvalue weighted by Crippen LogP contribution is 2.08. The van der Waals surface area contributed by atoms with Crippen molar-refractivity contribution >= 4 is 12.1 Å². The largest absolute Gasteiger partial charge is 0.508 e. The normalized spacial score (nSPS) is 10.7. The van der Waals surface area contributed by atoms with E-state index in [9.17, 15) is 14.7 Å². The molecule has 2 rings (SSSR count). The monoisotopic (exact) mass is 271 g/mol. The minimum Gasteiger partial charge on any atom is -0.508 e. The number of phenolic OH excluding ortho intramolecular Hbond substituents is 1. The zero-order chi connectivity index (χ0) is 14.5. The summed E-state index contributed by atoms with van der Waals surface area (Å²) in [6.07, 6.45) is 2.85. The number of rotatable bonds is 3.